The predicted molar refractivity (Wildman–Crippen MR) is 98.5 cm³/mol. The molecule has 0 spiro atoms. The number of likely N-dealkylation sites (N-methyl/N-ethyl adjacent to an activating group) is 1. The first-order valence-electron chi connectivity index (χ1n) is 8.03. The van der Waals surface area contributed by atoms with Crippen LogP contribution in [0.5, 0.6) is 0 Å². The number of hydrogen-bond acceptors (Lipinski definition) is 6. The van der Waals surface area contributed by atoms with Crippen LogP contribution in [-0.4, -0.2) is 52.0 Å². The van der Waals surface area contributed by atoms with E-state index < -0.39 is 31.2 Å². The van der Waals surface area contributed by atoms with Crippen molar-refractivity contribution < 1.29 is 21.6 Å². The molecule has 1 aromatic rings. The number of sulfone groups is 2. The van der Waals surface area contributed by atoms with Gasteiger partial charge in [-0.15, -0.1) is 0 Å². The molecule has 3 rings (SSSR count). The van der Waals surface area contributed by atoms with Crippen LogP contribution in [0, 0.1) is 13.8 Å². The Kier molecular flexibility index (Phi) is 4.15. The monoisotopic (exact) mass is 396 g/mol. The van der Waals surface area contributed by atoms with Crippen molar-refractivity contribution in [3.8, 4) is 0 Å². The number of amides is 1. The lowest BCUT2D eigenvalue weighted by molar-refractivity contribution is -0.124. The first-order chi connectivity index (χ1) is 11.9. The van der Waals surface area contributed by atoms with E-state index in [-0.39, 0.29) is 15.7 Å². The summed E-state index contributed by atoms with van der Waals surface area (Å²) in [4.78, 5) is 12.1. The normalized spacial score (nSPS) is 22.9. The molecule has 0 bridgehead atoms. The number of carbonyl (C=O) groups excluding carboxylic acids is 1. The predicted octanol–water partition coefficient (Wildman–Crippen LogP) is 1.49. The Morgan fingerprint density at radius 3 is 2.08 bits per heavy atom. The SMILES string of the molecule is CC1=NN(C)C(=O)/C1=C(/C)c1cc(C)c2c(c1C)S(=O)(=O)CCS2(=O)=O. The molecule has 0 aromatic heterocycles. The lowest BCUT2D eigenvalue weighted by atomic mass is 9.93. The van der Waals surface area contributed by atoms with Gasteiger partial charge in [0.15, 0.2) is 19.7 Å². The van der Waals surface area contributed by atoms with Crippen LogP contribution in [-0.2, 0) is 24.5 Å². The Hall–Kier alpha value is -2.00. The molecule has 0 N–H and O–H groups in total. The van der Waals surface area contributed by atoms with Crippen molar-refractivity contribution in [2.45, 2.75) is 37.5 Å². The molecule has 1 amide bonds. The highest BCUT2D eigenvalue weighted by Crippen LogP contribution is 2.38. The van der Waals surface area contributed by atoms with Gasteiger partial charge in [0.25, 0.3) is 5.91 Å². The zero-order valence-electron chi connectivity index (χ0n) is 15.2. The minimum Gasteiger partial charge on any atom is -0.267 e. The highest BCUT2D eigenvalue weighted by atomic mass is 32.2. The summed E-state index contributed by atoms with van der Waals surface area (Å²) in [5.41, 5.74) is 2.81. The van der Waals surface area contributed by atoms with E-state index >= 15 is 0 Å². The van der Waals surface area contributed by atoms with Crippen LogP contribution in [0.2, 0.25) is 0 Å². The van der Waals surface area contributed by atoms with Crippen molar-refractivity contribution in [3.63, 3.8) is 0 Å². The van der Waals surface area contributed by atoms with Gasteiger partial charge in [-0.3, -0.25) is 4.79 Å². The number of aryl methyl sites for hydroxylation is 1. The number of allylic oxidation sites excluding steroid dienone is 1. The molecule has 0 saturated carbocycles. The number of benzene rings is 1. The topological polar surface area (TPSA) is 101 Å². The number of carbonyl (C=O) groups is 1. The van der Waals surface area contributed by atoms with E-state index in [0.717, 1.165) is 0 Å². The number of rotatable bonds is 1. The molecule has 2 heterocycles. The van der Waals surface area contributed by atoms with Crippen molar-refractivity contribution >= 4 is 36.9 Å². The lowest BCUT2D eigenvalue weighted by Gasteiger charge is -2.23. The van der Waals surface area contributed by atoms with Crippen LogP contribution in [0.25, 0.3) is 5.57 Å². The fourth-order valence-electron chi connectivity index (χ4n) is 3.64. The standard InChI is InChI=1S/C17H20N2O5S2/c1-9-8-13(10(2)14-12(4)18-19(5)17(14)20)11(3)16-15(9)25(21,22)6-7-26(16,23)24/h8H,6-7H2,1-5H3/b14-10-. The molecule has 0 unspecified atom stereocenters. The molecule has 9 heteroatoms. The van der Waals surface area contributed by atoms with Crippen LogP contribution in [0.3, 0.4) is 0 Å². The second kappa shape index (κ2) is 5.75. The maximum atomic E-state index is 12.6. The highest BCUT2D eigenvalue weighted by Gasteiger charge is 2.38. The highest BCUT2D eigenvalue weighted by molar-refractivity contribution is 7.98. The fourth-order valence-corrected chi connectivity index (χ4v) is 8.57. The van der Waals surface area contributed by atoms with Gasteiger partial charge in [-0.25, -0.2) is 21.8 Å². The van der Waals surface area contributed by atoms with Gasteiger partial charge in [-0.05, 0) is 50.0 Å². The minimum absolute atomic E-state index is 0.108. The van der Waals surface area contributed by atoms with E-state index in [9.17, 15) is 21.6 Å². The Morgan fingerprint density at radius 2 is 1.58 bits per heavy atom. The third-order valence-corrected chi connectivity index (χ3v) is 9.01. The van der Waals surface area contributed by atoms with Crippen LogP contribution in [0.1, 0.15) is 30.5 Å². The van der Waals surface area contributed by atoms with Crippen LogP contribution in [0.15, 0.2) is 26.5 Å². The van der Waals surface area contributed by atoms with Gasteiger partial charge in [-0.1, -0.05) is 6.07 Å². The number of hydrogen-bond donors (Lipinski definition) is 0. The average Bonchev–Trinajstić information content (AvgIpc) is 2.78. The lowest BCUT2D eigenvalue weighted by Crippen LogP contribution is -2.28. The first-order valence-corrected chi connectivity index (χ1v) is 11.3. The average molecular weight is 396 g/mol. The molecule has 0 saturated heterocycles. The summed E-state index contributed by atoms with van der Waals surface area (Å²) in [6.45, 7) is 6.61. The van der Waals surface area contributed by atoms with Gasteiger partial charge in [-0.2, -0.15) is 5.10 Å². The molecule has 0 fully saturated rings. The van der Waals surface area contributed by atoms with Gasteiger partial charge in [0.2, 0.25) is 0 Å². The molecular formula is C17H20N2O5S2. The summed E-state index contributed by atoms with van der Waals surface area (Å²) in [6.07, 6.45) is 0. The maximum Gasteiger partial charge on any atom is 0.275 e. The van der Waals surface area contributed by atoms with E-state index in [1.54, 1.807) is 40.8 Å². The number of fused-ring (bicyclic) bond motifs is 1. The van der Waals surface area contributed by atoms with E-state index in [2.05, 4.69) is 5.10 Å². The summed E-state index contributed by atoms with van der Waals surface area (Å²) < 4.78 is 50.2. The van der Waals surface area contributed by atoms with Crippen molar-refractivity contribution in [3.05, 3.63) is 28.3 Å². The Bertz CT molecular complexity index is 1130. The Morgan fingerprint density at radius 1 is 1.04 bits per heavy atom. The molecule has 7 nitrogen and oxygen atoms in total. The van der Waals surface area contributed by atoms with Gasteiger partial charge >= 0.3 is 0 Å². The van der Waals surface area contributed by atoms with E-state index in [1.807, 2.05) is 0 Å². The molecule has 140 valence electrons. The Balaban J connectivity index is 2.40. The van der Waals surface area contributed by atoms with Gasteiger partial charge in [0.05, 0.1) is 32.6 Å². The summed E-state index contributed by atoms with van der Waals surface area (Å²) >= 11 is 0. The van der Waals surface area contributed by atoms with Crippen LogP contribution in [0.4, 0.5) is 0 Å². The molecule has 0 atom stereocenters. The van der Waals surface area contributed by atoms with Crippen LogP contribution < -0.4 is 0 Å². The van der Waals surface area contributed by atoms with E-state index in [4.69, 9.17) is 0 Å². The number of hydrazone groups is 1. The largest absolute Gasteiger partial charge is 0.275 e. The van der Waals surface area contributed by atoms with Gasteiger partial charge in [0, 0.05) is 7.05 Å². The molecule has 0 radical (unpaired) electrons. The van der Waals surface area contributed by atoms with Crippen molar-refractivity contribution in [1.82, 2.24) is 5.01 Å². The molecular weight excluding hydrogens is 376 g/mol. The fraction of sp³-hybridized carbons (Fsp3) is 0.412. The van der Waals surface area contributed by atoms with Crippen LogP contribution >= 0.6 is 0 Å². The third kappa shape index (κ3) is 2.61. The third-order valence-electron chi connectivity index (χ3n) is 4.86. The maximum absolute atomic E-state index is 12.6. The van der Waals surface area contributed by atoms with E-state index in [1.165, 1.54) is 5.01 Å². The smallest absolute Gasteiger partial charge is 0.267 e. The molecule has 26 heavy (non-hydrogen) atoms. The molecule has 2 aliphatic heterocycles. The van der Waals surface area contributed by atoms with E-state index in [0.29, 0.717) is 33.5 Å². The molecule has 2 aliphatic rings. The molecule has 0 aliphatic carbocycles. The summed E-state index contributed by atoms with van der Waals surface area (Å²) in [5, 5.41) is 5.35. The first kappa shape index (κ1) is 18.8. The number of nitrogens with zero attached hydrogens (tertiary/aromatic N) is 2. The summed E-state index contributed by atoms with van der Waals surface area (Å²) in [5.74, 6) is -1.11. The quantitative estimate of drug-likeness (QED) is 0.670. The molecule has 1 aromatic carbocycles. The minimum atomic E-state index is -3.71. The second-order valence-corrected chi connectivity index (χ2v) is 10.8. The van der Waals surface area contributed by atoms with Crippen molar-refractivity contribution in [1.29, 1.82) is 0 Å². The van der Waals surface area contributed by atoms with Gasteiger partial charge in [0.1, 0.15) is 0 Å². The Labute approximate surface area is 153 Å². The zero-order valence-corrected chi connectivity index (χ0v) is 16.9. The van der Waals surface area contributed by atoms with Gasteiger partial charge < -0.3 is 0 Å². The van der Waals surface area contributed by atoms with Crippen molar-refractivity contribution in [2.75, 3.05) is 18.6 Å². The summed E-state index contributed by atoms with van der Waals surface area (Å²) in [7, 11) is -5.81. The summed E-state index contributed by atoms with van der Waals surface area (Å²) in [6, 6.07) is 1.65. The second-order valence-electron chi connectivity index (χ2n) is 6.68. The zero-order chi connectivity index (χ0) is 19.6. The van der Waals surface area contributed by atoms with Crippen molar-refractivity contribution in [2.24, 2.45) is 5.10 Å².